The van der Waals surface area contributed by atoms with Crippen LogP contribution in [0.1, 0.15) is 10.6 Å². The van der Waals surface area contributed by atoms with Crippen LogP contribution in [0.5, 0.6) is 0 Å². The zero-order chi connectivity index (χ0) is 20.5. The summed E-state index contributed by atoms with van der Waals surface area (Å²) in [6.45, 7) is 0. The number of carbonyl (C=O) groups is 1. The van der Waals surface area contributed by atoms with Crippen LogP contribution in [0.25, 0.3) is 32.2 Å². The Balaban J connectivity index is 1.36. The largest absolute Gasteiger partial charge is 0.448 e. The Hall–Kier alpha value is -4.04. The molecule has 2 N–H and O–H groups in total. The summed E-state index contributed by atoms with van der Waals surface area (Å²) < 4.78 is 6.80. The van der Waals surface area contributed by atoms with E-state index < -0.39 is 0 Å². The number of furan rings is 1. The van der Waals surface area contributed by atoms with Gasteiger partial charge in [-0.1, -0.05) is 24.3 Å². The normalized spacial score (nSPS) is 10.9. The number of benzene rings is 2. The molecule has 1 amide bonds. The molecule has 0 radical (unpaired) electrons. The van der Waals surface area contributed by atoms with Gasteiger partial charge in [0.1, 0.15) is 0 Å². The van der Waals surface area contributed by atoms with E-state index in [2.05, 4.69) is 20.5 Å². The summed E-state index contributed by atoms with van der Waals surface area (Å²) in [4.78, 5) is 28.4. The third kappa shape index (κ3) is 3.51. The van der Waals surface area contributed by atoms with Crippen molar-refractivity contribution < 1.29 is 9.21 Å². The number of hydrogen-bond donors (Lipinski definition) is 2. The third-order valence-electron chi connectivity index (χ3n) is 4.43. The standard InChI is InChI=1S/C22H14N4O3S/c27-20-11-8-15(25-26-20)13-4-3-5-14(12-13)23-21(28)17-9-10-18(29-17)22-24-16-6-1-2-7-19(16)30-22/h1-12H,(H,23,28)(H,26,27). The minimum Gasteiger partial charge on any atom is -0.448 e. The number of fused-ring (bicyclic) bond motifs is 1. The van der Waals surface area contributed by atoms with E-state index >= 15 is 0 Å². The number of aromatic amines is 1. The van der Waals surface area contributed by atoms with Gasteiger partial charge in [-0.05, 0) is 42.5 Å². The molecule has 0 spiro atoms. The molecule has 0 bridgehead atoms. The number of hydrogen-bond acceptors (Lipinski definition) is 6. The van der Waals surface area contributed by atoms with Crippen molar-refractivity contribution in [2.45, 2.75) is 0 Å². The Kier molecular flexibility index (Phi) is 4.45. The summed E-state index contributed by atoms with van der Waals surface area (Å²) in [6, 6.07) is 21.4. The molecule has 0 fully saturated rings. The molecule has 0 unspecified atom stereocenters. The molecule has 7 nitrogen and oxygen atoms in total. The number of H-pyrrole nitrogens is 1. The van der Waals surface area contributed by atoms with Crippen LogP contribution in [0.3, 0.4) is 0 Å². The molecule has 0 aliphatic carbocycles. The maximum atomic E-state index is 12.6. The average molecular weight is 414 g/mol. The number of anilines is 1. The Bertz CT molecular complexity index is 1380. The van der Waals surface area contributed by atoms with Gasteiger partial charge in [-0.15, -0.1) is 11.3 Å². The van der Waals surface area contributed by atoms with Crippen LogP contribution in [0.4, 0.5) is 5.69 Å². The lowest BCUT2D eigenvalue weighted by molar-refractivity contribution is 0.0997. The van der Waals surface area contributed by atoms with Gasteiger partial charge in [-0.2, -0.15) is 5.10 Å². The average Bonchev–Trinajstić information content (AvgIpc) is 3.42. The van der Waals surface area contributed by atoms with Crippen LogP contribution < -0.4 is 10.9 Å². The molecule has 0 aliphatic rings. The Morgan fingerprint density at radius 1 is 1.00 bits per heavy atom. The number of thiazole rings is 1. The van der Waals surface area contributed by atoms with Gasteiger partial charge in [-0.3, -0.25) is 9.59 Å². The number of nitrogens with zero attached hydrogens (tertiary/aromatic N) is 2. The summed E-state index contributed by atoms with van der Waals surface area (Å²) in [6.07, 6.45) is 0. The molecule has 8 heteroatoms. The van der Waals surface area contributed by atoms with Crippen molar-refractivity contribution in [2.24, 2.45) is 0 Å². The molecule has 5 rings (SSSR count). The summed E-state index contributed by atoms with van der Waals surface area (Å²) >= 11 is 1.51. The molecule has 0 aliphatic heterocycles. The van der Waals surface area contributed by atoms with Gasteiger partial charge in [0, 0.05) is 17.3 Å². The van der Waals surface area contributed by atoms with Crippen molar-refractivity contribution in [1.82, 2.24) is 15.2 Å². The molecule has 3 heterocycles. The van der Waals surface area contributed by atoms with Gasteiger partial charge in [0.2, 0.25) is 0 Å². The molecular formula is C22H14N4O3S. The molecule has 2 aromatic carbocycles. The molecule has 146 valence electrons. The Morgan fingerprint density at radius 2 is 1.90 bits per heavy atom. The second kappa shape index (κ2) is 7.41. The highest BCUT2D eigenvalue weighted by Crippen LogP contribution is 2.31. The molecule has 5 aromatic rings. The monoisotopic (exact) mass is 414 g/mol. The van der Waals surface area contributed by atoms with Crippen molar-refractivity contribution in [3.63, 3.8) is 0 Å². The van der Waals surface area contributed by atoms with E-state index in [9.17, 15) is 9.59 Å². The Morgan fingerprint density at radius 3 is 2.73 bits per heavy atom. The van der Waals surface area contributed by atoms with Gasteiger partial charge < -0.3 is 9.73 Å². The smallest absolute Gasteiger partial charge is 0.291 e. The van der Waals surface area contributed by atoms with Gasteiger partial charge >= 0.3 is 0 Å². The van der Waals surface area contributed by atoms with Gasteiger partial charge in [-0.25, -0.2) is 10.1 Å². The first-order valence-corrected chi connectivity index (χ1v) is 9.91. The molecule has 0 atom stereocenters. The minimum atomic E-state index is -0.367. The van der Waals surface area contributed by atoms with Crippen LogP contribution in [-0.2, 0) is 0 Å². The molecular weight excluding hydrogens is 400 g/mol. The zero-order valence-electron chi connectivity index (χ0n) is 15.5. The molecule has 3 aromatic heterocycles. The van der Waals surface area contributed by atoms with E-state index in [1.807, 2.05) is 30.3 Å². The van der Waals surface area contributed by atoms with Crippen molar-refractivity contribution in [3.8, 4) is 22.0 Å². The van der Waals surface area contributed by atoms with Crippen molar-refractivity contribution in [3.05, 3.63) is 88.9 Å². The van der Waals surface area contributed by atoms with Gasteiger partial charge in [0.05, 0.1) is 15.9 Å². The van der Waals surface area contributed by atoms with E-state index in [4.69, 9.17) is 4.42 Å². The molecule has 0 saturated heterocycles. The van der Waals surface area contributed by atoms with Gasteiger partial charge in [0.25, 0.3) is 11.5 Å². The van der Waals surface area contributed by atoms with E-state index in [0.29, 0.717) is 17.1 Å². The Labute approximate surface area is 174 Å². The lowest BCUT2D eigenvalue weighted by Gasteiger charge is -2.06. The first-order valence-electron chi connectivity index (χ1n) is 9.09. The third-order valence-corrected chi connectivity index (χ3v) is 5.48. The SMILES string of the molecule is O=C(Nc1cccc(-c2ccc(=O)[nH]n2)c1)c1ccc(-c2nc3ccccc3s2)o1. The highest BCUT2D eigenvalue weighted by Gasteiger charge is 2.15. The fourth-order valence-corrected chi connectivity index (χ4v) is 3.93. The van der Waals surface area contributed by atoms with Crippen LogP contribution >= 0.6 is 11.3 Å². The lowest BCUT2D eigenvalue weighted by atomic mass is 10.1. The lowest BCUT2D eigenvalue weighted by Crippen LogP contribution is -2.11. The van der Waals surface area contributed by atoms with E-state index in [1.54, 1.807) is 36.4 Å². The first kappa shape index (κ1) is 18.0. The number of para-hydroxylation sites is 1. The van der Waals surface area contributed by atoms with Crippen LogP contribution in [0.2, 0.25) is 0 Å². The maximum absolute atomic E-state index is 12.6. The summed E-state index contributed by atoms with van der Waals surface area (Å²) in [5, 5.41) is 9.95. The second-order valence-electron chi connectivity index (χ2n) is 6.49. The van der Waals surface area contributed by atoms with Crippen molar-refractivity contribution >= 4 is 33.1 Å². The fraction of sp³-hybridized carbons (Fsp3) is 0. The number of amides is 1. The quantitative estimate of drug-likeness (QED) is 0.449. The summed E-state index contributed by atoms with van der Waals surface area (Å²) in [5.41, 5.74) is 2.57. The first-order chi connectivity index (χ1) is 14.7. The summed E-state index contributed by atoms with van der Waals surface area (Å²) in [7, 11) is 0. The molecule has 30 heavy (non-hydrogen) atoms. The topological polar surface area (TPSA) is 101 Å². The predicted molar refractivity (Wildman–Crippen MR) is 116 cm³/mol. The highest BCUT2D eigenvalue weighted by molar-refractivity contribution is 7.21. The zero-order valence-corrected chi connectivity index (χ0v) is 16.3. The fourth-order valence-electron chi connectivity index (χ4n) is 3.01. The molecule has 0 saturated carbocycles. The van der Waals surface area contributed by atoms with Crippen molar-refractivity contribution in [1.29, 1.82) is 0 Å². The minimum absolute atomic E-state index is 0.192. The predicted octanol–water partition coefficient (Wildman–Crippen LogP) is 4.56. The van der Waals surface area contributed by atoms with Crippen LogP contribution in [-0.4, -0.2) is 21.1 Å². The number of aromatic nitrogens is 3. The van der Waals surface area contributed by atoms with Crippen molar-refractivity contribution in [2.75, 3.05) is 5.32 Å². The van der Waals surface area contributed by atoms with E-state index in [1.165, 1.54) is 17.4 Å². The number of carbonyl (C=O) groups excluding carboxylic acids is 1. The number of nitrogens with one attached hydrogen (secondary N) is 2. The maximum Gasteiger partial charge on any atom is 0.291 e. The van der Waals surface area contributed by atoms with Gasteiger partial charge in [0.15, 0.2) is 16.5 Å². The number of rotatable bonds is 4. The van der Waals surface area contributed by atoms with E-state index in [0.717, 1.165) is 20.8 Å². The second-order valence-corrected chi connectivity index (χ2v) is 7.52. The van der Waals surface area contributed by atoms with Crippen LogP contribution in [0.15, 0.2) is 82.0 Å². The van der Waals surface area contributed by atoms with E-state index in [-0.39, 0.29) is 17.2 Å². The highest BCUT2D eigenvalue weighted by atomic mass is 32.1. The van der Waals surface area contributed by atoms with Crippen LogP contribution in [0, 0.1) is 0 Å². The summed E-state index contributed by atoms with van der Waals surface area (Å²) in [5.74, 6) is 0.373.